The predicted molar refractivity (Wildman–Crippen MR) is 93.9 cm³/mol. The molecule has 3 N–H and O–H groups in total. The molecule has 0 spiro atoms. The fraction of sp³-hybridized carbons (Fsp3) is 0.389. The third-order valence-corrected chi connectivity index (χ3v) is 4.68. The van der Waals surface area contributed by atoms with Crippen molar-refractivity contribution < 1.29 is 14.3 Å². The molecular formula is C18H19FN4O3. The van der Waals surface area contributed by atoms with E-state index < -0.39 is 18.3 Å². The molecule has 7 nitrogen and oxygen atoms in total. The van der Waals surface area contributed by atoms with Gasteiger partial charge in [-0.2, -0.15) is 5.26 Å². The molecule has 1 aliphatic rings. The Balaban J connectivity index is 1.65. The van der Waals surface area contributed by atoms with Crippen LogP contribution in [-0.4, -0.2) is 52.9 Å². The minimum Gasteiger partial charge on any atom is -0.465 e. The van der Waals surface area contributed by atoms with Crippen LogP contribution in [0.4, 0.5) is 9.18 Å². The van der Waals surface area contributed by atoms with Gasteiger partial charge >= 0.3 is 6.09 Å². The molecule has 136 valence electrons. The Labute approximate surface area is 149 Å². The summed E-state index contributed by atoms with van der Waals surface area (Å²) in [6, 6.07) is 8.26. The number of hydrogen-bond donors (Lipinski definition) is 3. The lowest BCUT2D eigenvalue weighted by atomic mass is 10.0. The Kier molecular flexibility index (Phi) is 5.19. The molecule has 1 fully saturated rings. The van der Waals surface area contributed by atoms with E-state index in [1.54, 1.807) is 24.3 Å². The molecule has 0 aliphatic carbocycles. The highest BCUT2D eigenvalue weighted by Gasteiger charge is 2.30. The van der Waals surface area contributed by atoms with Crippen molar-refractivity contribution in [3.05, 3.63) is 45.7 Å². The first-order valence-electron chi connectivity index (χ1n) is 8.38. The normalized spacial score (nSPS) is 20.6. The number of benzene rings is 1. The van der Waals surface area contributed by atoms with Gasteiger partial charge in [-0.25, -0.2) is 9.18 Å². The average molecular weight is 358 g/mol. The van der Waals surface area contributed by atoms with Crippen LogP contribution in [0.1, 0.15) is 17.5 Å². The summed E-state index contributed by atoms with van der Waals surface area (Å²) < 4.78 is 14.1. The number of amides is 1. The maximum absolute atomic E-state index is 14.1. The molecule has 2 unspecified atom stereocenters. The van der Waals surface area contributed by atoms with E-state index in [0.29, 0.717) is 42.6 Å². The van der Waals surface area contributed by atoms with Crippen LogP contribution in [0.2, 0.25) is 0 Å². The number of hydrogen-bond acceptors (Lipinski definition) is 4. The third-order valence-electron chi connectivity index (χ3n) is 4.68. The molecule has 1 amide bonds. The highest BCUT2D eigenvalue weighted by atomic mass is 19.1. The summed E-state index contributed by atoms with van der Waals surface area (Å²) in [7, 11) is 0. The molecule has 2 aromatic rings. The summed E-state index contributed by atoms with van der Waals surface area (Å²) >= 11 is 0. The van der Waals surface area contributed by atoms with Gasteiger partial charge in [0.2, 0.25) is 0 Å². The van der Waals surface area contributed by atoms with Crippen molar-refractivity contribution >= 4 is 17.0 Å². The van der Waals surface area contributed by atoms with Gasteiger partial charge in [-0.1, -0.05) is 6.07 Å². The van der Waals surface area contributed by atoms with Gasteiger partial charge in [0.1, 0.15) is 6.17 Å². The number of nitrogens with one attached hydrogen (secondary N) is 2. The summed E-state index contributed by atoms with van der Waals surface area (Å²) in [6.07, 6.45) is -1.61. The molecule has 1 saturated heterocycles. The van der Waals surface area contributed by atoms with Crippen molar-refractivity contribution in [2.45, 2.75) is 25.1 Å². The number of pyridine rings is 1. The second kappa shape index (κ2) is 7.54. The molecule has 1 aromatic heterocycles. The average Bonchev–Trinajstić information content (AvgIpc) is 2.61. The predicted octanol–water partition coefficient (Wildman–Crippen LogP) is 1.62. The minimum atomic E-state index is -1.26. The van der Waals surface area contributed by atoms with Gasteiger partial charge in [0, 0.05) is 30.7 Å². The number of piperidine rings is 1. The zero-order valence-electron chi connectivity index (χ0n) is 14.0. The maximum atomic E-state index is 14.1. The molecule has 0 radical (unpaired) electrons. The van der Waals surface area contributed by atoms with Crippen LogP contribution in [0.5, 0.6) is 0 Å². The second-order valence-corrected chi connectivity index (χ2v) is 6.45. The van der Waals surface area contributed by atoms with Gasteiger partial charge in [-0.05, 0) is 36.4 Å². The largest absolute Gasteiger partial charge is 0.465 e. The summed E-state index contributed by atoms with van der Waals surface area (Å²) in [6.45, 7) is 1.23. The third kappa shape index (κ3) is 4.00. The van der Waals surface area contributed by atoms with E-state index in [-0.39, 0.29) is 12.1 Å². The van der Waals surface area contributed by atoms with Gasteiger partial charge in [0.15, 0.2) is 0 Å². The molecule has 2 heterocycles. The van der Waals surface area contributed by atoms with Crippen molar-refractivity contribution in [2.24, 2.45) is 0 Å². The van der Waals surface area contributed by atoms with Crippen LogP contribution in [0.3, 0.4) is 0 Å². The second-order valence-electron chi connectivity index (χ2n) is 6.45. The highest BCUT2D eigenvalue weighted by molar-refractivity contribution is 5.80. The Morgan fingerprint density at radius 3 is 2.96 bits per heavy atom. The standard InChI is InChI=1S/C18H19FN4O3/c19-14-10-23(6-4-15(14)22-18(25)26)5-3-13-8-12-2-1-11(9-20)7-16(12)21-17(13)24/h1-2,7-8,14-15,22H,3-6,10H2,(H,21,24)(H,25,26). The fourth-order valence-corrected chi connectivity index (χ4v) is 3.27. The van der Waals surface area contributed by atoms with E-state index in [1.165, 1.54) is 0 Å². The van der Waals surface area contributed by atoms with E-state index >= 15 is 0 Å². The summed E-state index contributed by atoms with van der Waals surface area (Å²) in [5, 5.41) is 20.7. The Morgan fingerprint density at radius 2 is 2.27 bits per heavy atom. The first-order chi connectivity index (χ1) is 12.5. The van der Waals surface area contributed by atoms with Crippen LogP contribution in [0.25, 0.3) is 10.9 Å². The van der Waals surface area contributed by atoms with Crippen LogP contribution < -0.4 is 10.9 Å². The zero-order chi connectivity index (χ0) is 18.7. The first kappa shape index (κ1) is 17.9. The molecule has 1 aromatic carbocycles. The lowest BCUT2D eigenvalue weighted by Gasteiger charge is -2.34. The SMILES string of the molecule is N#Cc1ccc2cc(CCN3CCC(NC(=O)O)C(F)C3)c(=O)[nH]c2c1. The highest BCUT2D eigenvalue weighted by Crippen LogP contribution is 2.16. The van der Waals surface area contributed by atoms with Gasteiger partial charge in [-0.15, -0.1) is 0 Å². The van der Waals surface area contributed by atoms with Crippen molar-refractivity contribution in [2.75, 3.05) is 19.6 Å². The van der Waals surface area contributed by atoms with E-state index in [9.17, 15) is 14.0 Å². The molecular weight excluding hydrogens is 339 g/mol. The number of halogens is 1. The molecule has 1 aliphatic heterocycles. The van der Waals surface area contributed by atoms with Gasteiger partial charge in [-0.3, -0.25) is 9.69 Å². The van der Waals surface area contributed by atoms with Gasteiger partial charge in [0.25, 0.3) is 5.56 Å². The molecule has 2 atom stereocenters. The van der Waals surface area contributed by atoms with E-state index in [1.807, 2.05) is 11.0 Å². The quantitative estimate of drug-likeness (QED) is 0.769. The maximum Gasteiger partial charge on any atom is 0.404 e. The summed E-state index contributed by atoms with van der Waals surface area (Å²) in [5.41, 5.74) is 1.48. The number of nitriles is 1. The lowest BCUT2D eigenvalue weighted by Crippen LogP contribution is -2.52. The minimum absolute atomic E-state index is 0.141. The smallest absolute Gasteiger partial charge is 0.404 e. The van der Waals surface area contributed by atoms with Gasteiger partial charge < -0.3 is 15.4 Å². The number of likely N-dealkylation sites (tertiary alicyclic amines) is 1. The number of H-pyrrole nitrogens is 1. The van der Waals surface area contributed by atoms with Crippen LogP contribution >= 0.6 is 0 Å². The van der Waals surface area contributed by atoms with Crippen molar-refractivity contribution in [3.63, 3.8) is 0 Å². The summed E-state index contributed by atoms with van der Waals surface area (Å²) in [5.74, 6) is 0. The van der Waals surface area contributed by atoms with Crippen molar-refractivity contribution in [1.29, 1.82) is 5.26 Å². The van der Waals surface area contributed by atoms with E-state index in [4.69, 9.17) is 10.4 Å². The number of nitrogens with zero attached hydrogens (tertiary/aromatic N) is 2. The molecule has 0 bridgehead atoms. The number of alkyl halides is 1. The Morgan fingerprint density at radius 1 is 1.46 bits per heavy atom. The van der Waals surface area contributed by atoms with Crippen molar-refractivity contribution in [1.82, 2.24) is 15.2 Å². The number of carboxylic acid groups (broad SMARTS) is 1. The number of rotatable bonds is 4. The number of aromatic nitrogens is 1. The molecule has 0 saturated carbocycles. The Hall–Kier alpha value is -2.92. The molecule has 8 heteroatoms. The van der Waals surface area contributed by atoms with Crippen LogP contribution in [-0.2, 0) is 6.42 Å². The number of aromatic amines is 1. The fourth-order valence-electron chi connectivity index (χ4n) is 3.27. The molecule has 3 rings (SSSR count). The van der Waals surface area contributed by atoms with E-state index in [2.05, 4.69) is 10.3 Å². The summed E-state index contributed by atoms with van der Waals surface area (Å²) in [4.78, 5) is 27.6. The van der Waals surface area contributed by atoms with Crippen LogP contribution in [0.15, 0.2) is 29.1 Å². The lowest BCUT2D eigenvalue weighted by molar-refractivity contribution is 0.101. The monoisotopic (exact) mass is 358 g/mol. The first-order valence-corrected chi connectivity index (χ1v) is 8.38. The number of carbonyl (C=O) groups is 1. The topological polar surface area (TPSA) is 109 Å². The number of fused-ring (bicyclic) bond motifs is 1. The van der Waals surface area contributed by atoms with Crippen LogP contribution in [0, 0.1) is 11.3 Å². The Bertz CT molecular complexity index is 921. The van der Waals surface area contributed by atoms with E-state index in [0.717, 1.165) is 5.39 Å². The zero-order valence-corrected chi connectivity index (χ0v) is 14.0. The van der Waals surface area contributed by atoms with Crippen molar-refractivity contribution in [3.8, 4) is 6.07 Å². The molecule has 26 heavy (non-hydrogen) atoms. The van der Waals surface area contributed by atoms with Gasteiger partial charge in [0.05, 0.1) is 17.7 Å².